The first-order valence-corrected chi connectivity index (χ1v) is 6.25. The summed E-state index contributed by atoms with van der Waals surface area (Å²) in [6.07, 6.45) is 6.81. The van der Waals surface area contributed by atoms with Crippen LogP contribution in [0.1, 0.15) is 6.42 Å². The molecule has 1 aliphatic rings. The van der Waals surface area contributed by atoms with E-state index in [1.54, 1.807) is 0 Å². The van der Waals surface area contributed by atoms with Crippen LogP contribution in [0.15, 0.2) is 30.7 Å². The summed E-state index contributed by atoms with van der Waals surface area (Å²) < 4.78 is 0. The number of anilines is 1. The molecule has 0 aliphatic carbocycles. The normalized spacial score (nSPS) is 19.4. The van der Waals surface area contributed by atoms with Gasteiger partial charge >= 0.3 is 0 Å². The van der Waals surface area contributed by atoms with Crippen molar-refractivity contribution in [2.24, 2.45) is 0 Å². The first-order chi connectivity index (χ1) is 8.86. The molecule has 94 valence electrons. The minimum Gasteiger partial charge on any atom is -0.361 e. The van der Waals surface area contributed by atoms with E-state index in [1.807, 2.05) is 37.8 Å². The highest BCUT2D eigenvalue weighted by atomic mass is 15.3. The quantitative estimate of drug-likeness (QED) is 0.852. The molecule has 0 saturated carbocycles. The van der Waals surface area contributed by atoms with E-state index in [0.29, 0.717) is 6.04 Å². The summed E-state index contributed by atoms with van der Waals surface area (Å²) in [7, 11) is 2.00. The lowest BCUT2D eigenvalue weighted by atomic mass is 10.2. The Labute approximate surface area is 106 Å². The summed E-state index contributed by atoms with van der Waals surface area (Å²) in [5.74, 6) is 0.822. The second-order valence-electron chi connectivity index (χ2n) is 4.58. The van der Waals surface area contributed by atoms with E-state index in [2.05, 4.69) is 25.2 Å². The maximum absolute atomic E-state index is 4.45. The Morgan fingerprint density at radius 1 is 1.39 bits per heavy atom. The third-order valence-corrected chi connectivity index (χ3v) is 3.43. The lowest BCUT2D eigenvalue weighted by Crippen LogP contribution is -2.30. The fourth-order valence-corrected chi connectivity index (χ4v) is 2.31. The summed E-state index contributed by atoms with van der Waals surface area (Å²) in [5, 5.41) is 3.30. The number of likely N-dealkylation sites (N-methyl/N-ethyl adjacent to an activating group) is 1. The van der Waals surface area contributed by atoms with E-state index in [9.17, 15) is 0 Å². The summed E-state index contributed by atoms with van der Waals surface area (Å²) in [6, 6.07) is 4.55. The molecule has 1 fully saturated rings. The van der Waals surface area contributed by atoms with Crippen LogP contribution in [-0.4, -0.2) is 41.1 Å². The molecule has 1 aliphatic heterocycles. The van der Waals surface area contributed by atoms with E-state index in [-0.39, 0.29) is 0 Å². The van der Waals surface area contributed by atoms with Crippen molar-refractivity contribution in [1.82, 2.24) is 20.3 Å². The van der Waals surface area contributed by atoms with E-state index in [4.69, 9.17) is 0 Å². The smallest absolute Gasteiger partial charge is 0.225 e. The van der Waals surface area contributed by atoms with Gasteiger partial charge in [0.15, 0.2) is 0 Å². The van der Waals surface area contributed by atoms with Crippen molar-refractivity contribution >= 4 is 5.95 Å². The Morgan fingerprint density at radius 3 is 2.83 bits per heavy atom. The van der Waals surface area contributed by atoms with Crippen LogP contribution < -0.4 is 10.2 Å². The molecule has 2 N–H and O–H groups in total. The second-order valence-corrected chi connectivity index (χ2v) is 4.58. The second kappa shape index (κ2) is 4.78. The average molecular weight is 243 g/mol. The number of hydrogen-bond acceptors (Lipinski definition) is 4. The van der Waals surface area contributed by atoms with Gasteiger partial charge in [-0.15, -0.1) is 0 Å². The highest BCUT2D eigenvalue weighted by Crippen LogP contribution is 2.19. The highest BCUT2D eigenvalue weighted by molar-refractivity contribution is 5.57. The van der Waals surface area contributed by atoms with Gasteiger partial charge in [0.05, 0.1) is 0 Å². The Hall–Kier alpha value is -1.88. The average Bonchev–Trinajstić information content (AvgIpc) is 3.10. The van der Waals surface area contributed by atoms with Crippen LogP contribution in [0, 0.1) is 0 Å². The number of nitrogens with one attached hydrogen (secondary N) is 2. The van der Waals surface area contributed by atoms with E-state index < -0.39 is 0 Å². The van der Waals surface area contributed by atoms with Crippen LogP contribution in [0.5, 0.6) is 0 Å². The topological polar surface area (TPSA) is 56.8 Å². The summed E-state index contributed by atoms with van der Waals surface area (Å²) in [4.78, 5) is 14.3. The number of aromatic nitrogens is 3. The molecule has 0 bridgehead atoms. The van der Waals surface area contributed by atoms with Crippen molar-refractivity contribution in [2.75, 3.05) is 25.0 Å². The number of rotatable bonds is 3. The van der Waals surface area contributed by atoms with Crippen molar-refractivity contribution in [3.05, 3.63) is 30.7 Å². The standard InChI is InChI=1S/C13H17N5/c1-14-11-4-6-18(9-11)13-16-7-10(8-17-13)12-3-2-5-15-12/h2-3,5,7-8,11,14-15H,4,6,9H2,1H3. The summed E-state index contributed by atoms with van der Waals surface area (Å²) in [5.41, 5.74) is 2.07. The molecule has 2 aromatic heterocycles. The van der Waals surface area contributed by atoms with Crippen molar-refractivity contribution in [3.63, 3.8) is 0 Å². The fraction of sp³-hybridized carbons (Fsp3) is 0.385. The lowest BCUT2D eigenvalue weighted by molar-refractivity contribution is 0.616. The van der Waals surface area contributed by atoms with E-state index in [1.165, 1.54) is 0 Å². The summed E-state index contributed by atoms with van der Waals surface area (Å²) in [6.45, 7) is 2.01. The molecule has 0 radical (unpaired) electrons. The molecule has 18 heavy (non-hydrogen) atoms. The molecule has 1 saturated heterocycles. The fourth-order valence-electron chi connectivity index (χ4n) is 2.31. The van der Waals surface area contributed by atoms with Gasteiger partial charge in [-0.05, 0) is 25.6 Å². The highest BCUT2D eigenvalue weighted by Gasteiger charge is 2.22. The van der Waals surface area contributed by atoms with Crippen molar-refractivity contribution < 1.29 is 0 Å². The van der Waals surface area contributed by atoms with Crippen LogP contribution in [0.25, 0.3) is 11.3 Å². The molecular weight excluding hydrogens is 226 g/mol. The van der Waals surface area contributed by atoms with Gasteiger partial charge in [-0.25, -0.2) is 9.97 Å². The molecule has 0 spiro atoms. The van der Waals surface area contributed by atoms with Crippen LogP contribution >= 0.6 is 0 Å². The minimum absolute atomic E-state index is 0.552. The van der Waals surface area contributed by atoms with Crippen molar-refractivity contribution in [1.29, 1.82) is 0 Å². The maximum atomic E-state index is 4.45. The minimum atomic E-state index is 0.552. The molecular formula is C13H17N5. The van der Waals surface area contributed by atoms with Gasteiger partial charge in [0, 0.05) is 49.0 Å². The maximum Gasteiger partial charge on any atom is 0.225 e. The first kappa shape index (κ1) is 11.2. The van der Waals surface area contributed by atoms with Crippen LogP contribution in [0.2, 0.25) is 0 Å². The zero-order chi connectivity index (χ0) is 12.4. The number of H-pyrrole nitrogens is 1. The van der Waals surface area contributed by atoms with E-state index >= 15 is 0 Å². The monoisotopic (exact) mass is 243 g/mol. The Bertz CT molecular complexity index is 491. The summed E-state index contributed by atoms with van der Waals surface area (Å²) >= 11 is 0. The molecule has 5 nitrogen and oxygen atoms in total. The lowest BCUT2D eigenvalue weighted by Gasteiger charge is -2.15. The van der Waals surface area contributed by atoms with Gasteiger partial charge in [-0.1, -0.05) is 0 Å². The van der Waals surface area contributed by atoms with Crippen LogP contribution in [-0.2, 0) is 0 Å². The third-order valence-electron chi connectivity index (χ3n) is 3.43. The van der Waals surface area contributed by atoms with Crippen LogP contribution in [0.4, 0.5) is 5.95 Å². The Morgan fingerprint density at radius 2 is 2.22 bits per heavy atom. The molecule has 2 aromatic rings. The van der Waals surface area contributed by atoms with Gasteiger partial charge in [-0.2, -0.15) is 0 Å². The number of hydrogen-bond donors (Lipinski definition) is 2. The molecule has 0 aromatic carbocycles. The zero-order valence-corrected chi connectivity index (χ0v) is 10.4. The molecule has 3 heterocycles. The van der Waals surface area contributed by atoms with Gasteiger partial charge in [0.2, 0.25) is 5.95 Å². The third kappa shape index (κ3) is 2.09. The van der Waals surface area contributed by atoms with Gasteiger partial charge < -0.3 is 15.2 Å². The van der Waals surface area contributed by atoms with Gasteiger partial charge in [-0.3, -0.25) is 0 Å². The molecule has 3 rings (SSSR count). The SMILES string of the molecule is CNC1CCN(c2ncc(-c3ccc[nH]3)cn2)C1. The van der Waals surface area contributed by atoms with Crippen LogP contribution in [0.3, 0.4) is 0 Å². The van der Waals surface area contributed by atoms with Crippen molar-refractivity contribution in [3.8, 4) is 11.3 Å². The zero-order valence-electron chi connectivity index (χ0n) is 10.4. The molecule has 0 amide bonds. The van der Waals surface area contributed by atoms with Gasteiger partial charge in [0.25, 0.3) is 0 Å². The van der Waals surface area contributed by atoms with E-state index in [0.717, 1.165) is 36.7 Å². The predicted molar refractivity (Wildman–Crippen MR) is 71.5 cm³/mol. The molecule has 1 atom stereocenters. The first-order valence-electron chi connectivity index (χ1n) is 6.25. The number of aromatic amines is 1. The predicted octanol–water partition coefficient (Wildman–Crippen LogP) is 1.27. The van der Waals surface area contributed by atoms with Gasteiger partial charge in [0.1, 0.15) is 0 Å². The molecule has 5 heteroatoms. The largest absolute Gasteiger partial charge is 0.361 e. The Balaban J connectivity index is 1.76. The van der Waals surface area contributed by atoms with Crippen molar-refractivity contribution in [2.45, 2.75) is 12.5 Å². The Kier molecular flexibility index (Phi) is 2.98. The number of nitrogens with zero attached hydrogens (tertiary/aromatic N) is 3. The molecule has 1 unspecified atom stereocenters.